The van der Waals surface area contributed by atoms with Crippen molar-refractivity contribution in [1.82, 2.24) is 5.32 Å². The molecule has 0 heterocycles. The summed E-state index contributed by atoms with van der Waals surface area (Å²) < 4.78 is 0. The average Bonchev–Trinajstić information content (AvgIpc) is 3.09. The van der Waals surface area contributed by atoms with E-state index in [1.807, 2.05) is 0 Å². The Bertz CT molecular complexity index is 368. The van der Waals surface area contributed by atoms with E-state index in [9.17, 15) is 14.7 Å². The van der Waals surface area contributed by atoms with Crippen LogP contribution in [-0.2, 0) is 9.59 Å². The molecular weight excluding hydrogens is 242 g/mol. The Balaban J connectivity index is 2.16. The van der Waals surface area contributed by atoms with Crippen molar-refractivity contribution >= 4 is 11.9 Å². The predicted octanol–water partition coefficient (Wildman–Crippen LogP) is 2.43. The maximum Gasteiger partial charge on any atom is 0.319 e. The third kappa shape index (κ3) is 2.93. The first kappa shape index (κ1) is 14.4. The van der Waals surface area contributed by atoms with Gasteiger partial charge in [0, 0.05) is 6.04 Å². The minimum absolute atomic E-state index is 0.0532. The molecule has 0 bridgehead atoms. The van der Waals surface area contributed by atoms with Gasteiger partial charge in [-0.05, 0) is 56.8 Å². The Hall–Kier alpha value is -1.06. The standard InChI is InChI=1S/C15H25NO3/c1-9-6-10(2)8-11(7-9)15(3,14(18)19)13(17)16-12-4-5-12/h9-12H,4-8H2,1-3H3,(H,16,17)(H,18,19). The van der Waals surface area contributed by atoms with Crippen molar-refractivity contribution in [1.29, 1.82) is 0 Å². The molecule has 0 aromatic rings. The van der Waals surface area contributed by atoms with Crippen molar-refractivity contribution in [3.63, 3.8) is 0 Å². The smallest absolute Gasteiger partial charge is 0.319 e. The van der Waals surface area contributed by atoms with Gasteiger partial charge in [-0.1, -0.05) is 13.8 Å². The Morgan fingerprint density at radius 3 is 2.05 bits per heavy atom. The van der Waals surface area contributed by atoms with Crippen LogP contribution in [0.2, 0.25) is 0 Å². The fourth-order valence-corrected chi connectivity index (χ4v) is 3.44. The van der Waals surface area contributed by atoms with E-state index in [0.29, 0.717) is 11.8 Å². The maximum absolute atomic E-state index is 12.4. The summed E-state index contributed by atoms with van der Waals surface area (Å²) >= 11 is 0. The summed E-state index contributed by atoms with van der Waals surface area (Å²) in [4.78, 5) is 24.1. The summed E-state index contributed by atoms with van der Waals surface area (Å²) in [5.74, 6) is -0.310. The van der Waals surface area contributed by atoms with Crippen LogP contribution in [0.5, 0.6) is 0 Å². The number of rotatable bonds is 4. The van der Waals surface area contributed by atoms with Gasteiger partial charge < -0.3 is 10.4 Å². The molecule has 1 amide bonds. The number of hydrogen-bond donors (Lipinski definition) is 2. The second kappa shape index (κ2) is 5.14. The van der Waals surface area contributed by atoms with Gasteiger partial charge in [0.2, 0.25) is 5.91 Å². The topological polar surface area (TPSA) is 66.4 Å². The van der Waals surface area contributed by atoms with Gasteiger partial charge in [-0.15, -0.1) is 0 Å². The first-order valence-electron chi connectivity index (χ1n) is 7.38. The summed E-state index contributed by atoms with van der Waals surface area (Å²) in [6.07, 6.45) is 4.78. The highest BCUT2D eigenvalue weighted by Crippen LogP contribution is 2.43. The molecule has 0 saturated heterocycles. The lowest BCUT2D eigenvalue weighted by atomic mass is 9.64. The number of nitrogens with one attached hydrogen (secondary N) is 1. The minimum Gasteiger partial charge on any atom is -0.480 e. The van der Waals surface area contributed by atoms with E-state index in [1.54, 1.807) is 6.92 Å². The van der Waals surface area contributed by atoms with Crippen LogP contribution in [0.15, 0.2) is 0 Å². The van der Waals surface area contributed by atoms with Gasteiger partial charge in [-0.25, -0.2) is 0 Å². The summed E-state index contributed by atoms with van der Waals surface area (Å²) in [6, 6.07) is 0.213. The molecular formula is C15H25NO3. The van der Waals surface area contributed by atoms with Crippen molar-refractivity contribution in [2.24, 2.45) is 23.2 Å². The van der Waals surface area contributed by atoms with E-state index >= 15 is 0 Å². The zero-order chi connectivity index (χ0) is 14.2. The van der Waals surface area contributed by atoms with Crippen LogP contribution < -0.4 is 5.32 Å². The van der Waals surface area contributed by atoms with Crippen molar-refractivity contribution in [3.8, 4) is 0 Å². The second-order valence-electron chi connectivity index (χ2n) is 6.87. The molecule has 4 nitrogen and oxygen atoms in total. The number of carbonyl (C=O) groups excluding carboxylic acids is 1. The molecule has 0 spiro atoms. The van der Waals surface area contributed by atoms with Crippen LogP contribution in [0.4, 0.5) is 0 Å². The van der Waals surface area contributed by atoms with Crippen molar-refractivity contribution in [3.05, 3.63) is 0 Å². The van der Waals surface area contributed by atoms with Crippen LogP contribution in [-0.4, -0.2) is 23.0 Å². The maximum atomic E-state index is 12.4. The van der Waals surface area contributed by atoms with Crippen LogP contribution in [0.1, 0.15) is 52.9 Å². The Morgan fingerprint density at radius 1 is 1.11 bits per heavy atom. The van der Waals surface area contributed by atoms with E-state index < -0.39 is 11.4 Å². The molecule has 3 unspecified atom stereocenters. The lowest BCUT2D eigenvalue weighted by Crippen LogP contribution is -2.51. The van der Waals surface area contributed by atoms with Gasteiger partial charge in [0.15, 0.2) is 0 Å². The van der Waals surface area contributed by atoms with E-state index in [1.165, 1.54) is 0 Å². The highest BCUT2D eigenvalue weighted by atomic mass is 16.4. The number of carboxylic acid groups (broad SMARTS) is 1. The third-order valence-electron chi connectivity index (χ3n) is 4.82. The summed E-state index contributed by atoms with van der Waals surface area (Å²) in [5, 5.41) is 12.5. The van der Waals surface area contributed by atoms with Gasteiger partial charge in [-0.3, -0.25) is 9.59 Å². The van der Waals surface area contributed by atoms with Crippen LogP contribution in [0.3, 0.4) is 0 Å². The summed E-state index contributed by atoms with van der Waals surface area (Å²) in [5.41, 5.74) is -1.27. The van der Waals surface area contributed by atoms with Gasteiger partial charge in [-0.2, -0.15) is 0 Å². The number of carboxylic acids is 1. The first-order valence-corrected chi connectivity index (χ1v) is 7.38. The van der Waals surface area contributed by atoms with E-state index in [-0.39, 0.29) is 17.9 Å². The normalized spacial score (nSPS) is 34.4. The van der Waals surface area contributed by atoms with E-state index in [2.05, 4.69) is 19.2 Å². The number of amides is 1. The molecule has 4 heteroatoms. The lowest BCUT2D eigenvalue weighted by Gasteiger charge is -2.40. The largest absolute Gasteiger partial charge is 0.480 e. The quantitative estimate of drug-likeness (QED) is 0.769. The predicted molar refractivity (Wildman–Crippen MR) is 72.6 cm³/mol. The molecule has 2 N–H and O–H groups in total. The molecule has 19 heavy (non-hydrogen) atoms. The van der Waals surface area contributed by atoms with Crippen molar-refractivity contribution in [2.75, 3.05) is 0 Å². The first-order chi connectivity index (χ1) is 8.84. The molecule has 2 fully saturated rings. The zero-order valence-corrected chi connectivity index (χ0v) is 12.1. The van der Waals surface area contributed by atoms with Gasteiger partial charge in [0.1, 0.15) is 5.41 Å². The van der Waals surface area contributed by atoms with Crippen LogP contribution >= 0.6 is 0 Å². The lowest BCUT2D eigenvalue weighted by molar-refractivity contribution is -0.160. The van der Waals surface area contributed by atoms with Gasteiger partial charge >= 0.3 is 5.97 Å². The molecule has 2 rings (SSSR count). The SMILES string of the molecule is CC1CC(C)CC(C(C)(C(=O)O)C(=O)NC2CC2)C1. The second-order valence-corrected chi connectivity index (χ2v) is 6.87. The fourth-order valence-electron chi connectivity index (χ4n) is 3.44. The summed E-state index contributed by atoms with van der Waals surface area (Å²) in [6.45, 7) is 5.93. The molecule has 0 aromatic heterocycles. The van der Waals surface area contributed by atoms with E-state index in [0.717, 1.165) is 32.1 Å². The average molecular weight is 267 g/mol. The molecule has 3 atom stereocenters. The molecule has 108 valence electrons. The third-order valence-corrected chi connectivity index (χ3v) is 4.82. The van der Waals surface area contributed by atoms with Crippen LogP contribution in [0, 0.1) is 23.2 Å². The monoisotopic (exact) mass is 267 g/mol. The Labute approximate surface area is 115 Å². The Kier molecular flexibility index (Phi) is 3.88. The molecule has 0 aliphatic heterocycles. The Morgan fingerprint density at radius 2 is 1.63 bits per heavy atom. The van der Waals surface area contributed by atoms with Crippen molar-refractivity contribution < 1.29 is 14.7 Å². The van der Waals surface area contributed by atoms with Crippen molar-refractivity contribution in [2.45, 2.75) is 58.9 Å². The highest BCUT2D eigenvalue weighted by Gasteiger charge is 2.50. The zero-order valence-electron chi connectivity index (χ0n) is 12.1. The summed E-state index contributed by atoms with van der Waals surface area (Å²) in [7, 11) is 0. The highest BCUT2D eigenvalue weighted by molar-refractivity contribution is 6.02. The van der Waals surface area contributed by atoms with Gasteiger partial charge in [0.05, 0.1) is 0 Å². The molecule has 2 aliphatic rings. The number of aliphatic carboxylic acids is 1. The molecule has 0 radical (unpaired) electrons. The number of carbonyl (C=O) groups is 2. The van der Waals surface area contributed by atoms with Crippen LogP contribution in [0.25, 0.3) is 0 Å². The fraction of sp³-hybridized carbons (Fsp3) is 0.867. The molecule has 0 aromatic carbocycles. The molecule has 2 saturated carbocycles. The number of hydrogen-bond acceptors (Lipinski definition) is 2. The van der Waals surface area contributed by atoms with Gasteiger partial charge in [0.25, 0.3) is 0 Å². The minimum atomic E-state index is -1.27. The molecule has 2 aliphatic carbocycles. The van der Waals surface area contributed by atoms with E-state index in [4.69, 9.17) is 0 Å².